The molecule has 3 heterocycles. The number of carbonyl (C=O) groups is 1. The third kappa shape index (κ3) is 7.32. The van der Waals surface area contributed by atoms with E-state index in [0.717, 1.165) is 30.3 Å². The number of pyridine rings is 2. The van der Waals surface area contributed by atoms with Crippen LogP contribution in [0.15, 0.2) is 42.7 Å². The molecule has 0 bridgehead atoms. The Morgan fingerprint density at radius 1 is 1.15 bits per heavy atom. The van der Waals surface area contributed by atoms with Crippen molar-refractivity contribution in [2.45, 2.75) is 45.4 Å². The molecule has 2 aromatic heterocycles. The molecule has 4 N–H and O–H groups in total. The van der Waals surface area contributed by atoms with E-state index >= 15 is 0 Å². The molecule has 0 spiro atoms. The van der Waals surface area contributed by atoms with Crippen LogP contribution < -0.4 is 20.3 Å². The second kappa shape index (κ2) is 12.0. The average molecular weight is 560 g/mol. The Bertz CT molecular complexity index is 1350. The minimum absolute atomic E-state index is 0.0994. The molecule has 2 atom stereocenters. The van der Waals surface area contributed by atoms with Crippen molar-refractivity contribution in [1.82, 2.24) is 15.3 Å². The van der Waals surface area contributed by atoms with E-state index < -0.39 is 40.4 Å². The molecule has 0 aliphatic carbocycles. The number of rotatable bonds is 9. The van der Waals surface area contributed by atoms with Crippen LogP contribution >= 0.6 is 0 Å². The van der Waals surface area contributed by atoms with Gasteiger partial charge in [0.2, 0.25) is 0 Å². The number of piperidine rings is 1. The van der Waals surface area contributed by atoms with E-state index in [-0.39, 0.29) is 30.9 Å². The van der Waals surface area contributed by atoms with Crippen LogP contribution in [0, 0.1) is 23.4 Å². The van der Waals surface area contributed by atoms with Crippen molar-refractivity contribution in [2.75, 3.05) is 29.9 Å². The number of benzene rings is 1. The maximum absolute atomic E-state index is 14.9. The van der Waals surface area contributed by atoms with Gasteiger partial charge in [0, 0.05) is 37.5 Å². The van der Waals surface area contributed by atoms with Crippen LogP contribution in [0.1, 0.15) is 32.9 Å². The van der Waals surface area contributed by atoms with Crippen LogP contribution in [0.5, 0.6) is 5.75 Å². The van der Waals surface area contributed by atoms with Gasteiger partial charge in [0.05, 0.1) is 41.0 Å². The maximum Gasteiger partial charge on any atom is 0.404 e. The first kappa shape index (κ1) is 28.9. The normalized spacial score (nSPS) is 17.4. The summed E-state index contributed by atoms with van der Waals surface area (Å²) < 4.78 is 49.8. The number of hydrogen-bond acceptors (Lipinski definition) is 7. The summed E-state index contributed by atoms with van der Waals surface area (Å²) in [7, 11) is 0. The van der Waals surface area contributed by atoms with Crippen LogP contribution in [-0.4, -0.2) is 57.6 Å². The predicted molar refractivity (Wildman–Crippen MR) is 144 cm³/mol. The van der Waals surface area contributed by atoms with Crippen molar-refractivity contribution in [3.8, 4) is 17.0 Å². The van der Waals surface area contributed by atoms with Crippen LogP contribution in [0.3, 0.4) is 0 Å². The van der Waals surface area contributed by atoms with Gasteiger partial charge in [-0.2, -0.15) is 0 Å². The Hall–Kier alpha value is -4.06. The number of hydrogen-bond donors (Lipinski definition) is 4. The zero-order valence-electron chi connectivity index (χ0n) is 22.4. The molecule has 1 amide bonds. The van der Waals surface area contributed by atoms with Gasteiger partial charge in [-0.15, -0.1) is 0 Å². The van der Waals surface area contributed by atoms with Gasteiger partial charge in [-0.3, -0.25) is 4.98 Å². The third-order valence-corrected chi connectivity index (χ3v) is 6.33. The molecule has 1 aromatic carbocycles. The minimum Gasteiger partial charge on any atom is -0.490 e. The number of aliphatic hydroxyl groups is 1. The summed E-state index contributed by atoms with van der Waals surface area (Å²) >= 11 is 0. The molecule has 0 radical (unpaired) electrons. The van der Waals surface area contributed by atoms with Crippen molar-refractivity contribution in [3.63, 3.8) is 0 Å². The van der Waals surface area contributed by atoms with Crippen LogP contribution in [-0.2, 0) is 6.54 Å². The molecule has 9 nitrogen and oxygen atoms in total. The van der Waals surface area contributed by atoms with Gasteiger partial charge in [-0.05, 0) is 44.4 Å². The van der Waals surface area contributed by atoms with Gasteiger partial charge in [-0.1, -0.05) is 6.92 Å². The summed E-state index contributed by atoms with van der Waals surface area (Å²) in [6.07, 6.45) is 2.89. The zero-order chi connectivity index (χ0) is 29.0. The quantitative estimate of drug-likeness (QED) is 0.295. The molecule has 12 heteroatoms. The Labute approximate surface area is 230 Å². The molecule has 1 aliphatic rings. The summed E-state index contributed by atoms with van der Waals surface area (Å²) in [6.45, 7) is 6.12. The Morgan fingerprint density at radius 3 is 2.55 bits per heavy atom. The van der Waals surface area contributed by atoms with Crippen molar-refractivity contribution in [3.05, 3.63) is 65.9 Å². The highest BCUT2D eigenvalue weighted by atomic mass is 19.1. The average Bonchev–Trinajstić information content (AvgIpc) is 2.86. The summed E-state index contributed by atoms with van der Waals surface area (Å²) in [5, 5.41) is 24.7. The fraction of sp³-hybridized carbons (Fsp3) is 0.393. The Morgan fingerprint density at radius 2 is 1.88 bits per heavy atom. The molecular weight excluding hydrogens is 527 g/mol. The summed E-state index contributed by atoms with van der Waals surface area (Å²) in [4.78, 5) is 21.6. The largest absolute Gasteiger partial charge is 0.490 e. The number of nitrogens with one attached hydrogen (secondary N) is 2. The lowest BCUT2D eigenvalue weighted by atomic mass is 9.95. The molecule has 3 aromatic rings. The van der Waals surface area contributed by atoms with E-state index in [1.54, 1.807) is 12.4 Å². The molecule has 1 fully saturated rings. The van der Waals surface area contributed by atoms with Crippen LogP contribution in [0.25, 0.3) is 11.3 Å². The number of carboxylic acid groups (broad SMARTS) is 1. The predicted octanol–water partition coefficient (Wildman–Crippen LogP) is 4.81. The number of anilines is 2. The molecule has 0 unspecified atom stereocenters. The van der Waals surface area contributed by atoms with E-state index in [1.165, 1.54) is 19.9 Å². The third-order valence-electron chi connectivity index (χ3n) is 6.33. The smallest absolute Gasteiger partial charge is 0.404 e. The molecule has 40 heavy (non-hydrogen) atoms. The van der Waals surface area contributed by atoms with Gasteiger partial charge in [-0.25, -0.2) is 22.9 Å². The lowest BCUT2D eigenvalue weighted by molar-refractivity contribution is 0.0282. The number of aromatic nitrogens is 2. The number of halogens is 3. The zero-order valence-corrected chi connectivity index (χ0v) is 22.4. The molecule has 0 saturated carbocycles. The van der Waals surface area contributed by atoms with Gasteiger partial charge < -0.3 is 30.5 Å². The SMILES string of the molecule is C[C@@H]1C[C@H](NC(=O)O)CN(c2ccncc2NCc2ccc(F)c(-c3c(F)cc(OCC(C)(C)O)cc3F)n2)C1. The second-order valence-corrected chi connectivity index (χ2v) is 10.6. The molecule has 214 valence electrons. The van der Waals surface area contributed by atoms with E-state index in [1.807, 2.05) is 13.0 Å². The first-order chi connectivity index (χ1) is 18.9. The molecule has 1 aliphatic heterocycles. The molecule has 1 saturated heterocycles. The van der Waals surface area contributed by atoms with E-state index in [2.05, 4.69) is 25.5 Å². The topological polar surface area (TPSA) is 120 Å². The molecule has 4 rings (SSSR count). The lowest BCUT2D eigenvalue weighted by Gasteiger charge is -2.38. The first-order valence-corrected chi connectivity index (χ1v) is 12.8. The summed E-state index contributed by atoms with van der Waals surface area (Å²) in [5.41, 5.74) is -0.551. The summed E-state index contributed by atoms with van der Waals surface area (Å²) in [6, 6.07) is 5.92. The fourth-order valence-corrected chi connectivity index (χ4v) is 4.69. The highest BCUT2D eigenvalue weighted by Crippen LogP contribution is 2.32. The lowest BCUT2D eigenvalue weighted by Crippen LogP contribution is -2.50. The van der Waals surface area contributed by atoms with Gasteiger partial charge in [0.15, 0.2) is 0 Å². The maximum atomic E-state index is 14.9. The Balaban J connectivity index is 1.53. The Kier molecular flexibility index (Phi) is 8.67. The highest BCUT2D eigenvalue weighted by molar-refractivity contribution is 5.70. The first-order valence-electron chi connectivity index (χ1n) is 12.8. The minimum atomic E-state index is -1.21. The molecular formula is C28H32F3N5O4. The standard InChI is InChI=1S/C28H32F3N5O4/c1-16-8-18(35-27(37)38)14-36(13-16)24-6-7-32-12-23(24)33-11-17-4-5-20(29)26(34-17)25-21(30)9-19(10-22(25)31)40-15-28(2,3)39/h4-7,9-10,12,16,18,33,35,39H,8,11,13-15H2,1-3H3,(H,37,38)/t16-,18+/m1/s1. The number of nitrogens with zero attached hydrogens (tertiary/aromatic N) is 3. The highest BCUT2D eigenvalue weighted by Gasteiger charge is 2.27. The van der Waals surface area contributed by atoms with E-state index in [4.69, 9.17) is 9.84 Å². The van der Waals surface area contributed by atoms with Gasteiger partial charge in [0.1, 0.15) is 35.5 Å². The van der Waals surface area contributed by atoms with Crippen LogP contribution in [0.4, 0.5) is 29.3 Å². The van der Waals surface area contributed by atoms with Crippen molar-refractivity contribution >= 4 is 17.5 Å². The second-order valence-electron chi connectivity index (χ2n) is 10.6. The fourth-order valence-electron chi connectivity index (χ4n) is 4.69. The van der Waals surface area contributed by atoms with Crippen molar-refractivity contribution in [2.24, 2.45) is 5.92 Å². The number of ether oxygens (including phenoxy) is 1. The van der Waals surface area contributed by atoms with Gasteiger partial charge >= 0.3 is 6.09 Å². The van der Waals surface area contributed by atoms with Crippen molar-refractivity contribution in [1.29, 1.82) is 0 Å². The van der Waals surface area contributed by atoms with E-state index in [0.29, 0.717) is 24.5 Å². The van der Waals surface area contributed by atoms with Gasteiger partial charge in [0.25, 0.3) is 0 Å². The summed E-state index contributed by atoms with van der Waals surface area (Å²) in [5.74, 6) is -2.91. The van der Waals surface area contributed by atoms with Crippen LogP contribution in [0.2, 0.25) is 0 Å². The van der Waals surface area contributed by atoms with Crippen molar-refractivity contribution < 1.29 is 32.9 Å². The number of amides is 1. The van der Waals surface area contributed by atoms with E-state index in [9.17, 15) is 23.1 Å². The monoisotopic (exact) mass is 559 g/mol.